The minimum atomic E-state index is -0.140. The van der Waals surface area contributed by atoms with Gasteiger partial charge in [-0.2, -0.15) is 0 Å². The topological polar surface area (TPSA) is 71.2 Å². The fourth-order valence-corrected chi connectivity index (χ4v) is 4.76. The summed E-state index contributed by atoms with van der Waals surface area (Å²) in [4.78, 5) is 18.9. The van der Waals surface area contributed by atoms with Crippen molar-refractivity contribution in [3.8, 4) is 11.4 Å². The van der Waals surface area contributed by atoms with Crippen LogP contribution in [0.15, 0.2) is 57.7 Å². The van der Waals surface area contributed by atoms with Crippen LogP contribution in [0.1, 0.15) is 29.0 Å². The number of piperidine rings is 1. The minimum absolute atomic E-state index is 0.114. The normalized spacial score (nSPS) is 14.9. The lowest BCUT2D eigenvalue weighted by Crippen LogP contribution is -2.39. The SMILES string of the molecule is O=C(c1ncn(-c2cc(Br)c(O)c(Br)c2)n1)N1CCC(Cc2ccccc2)CC1. The number of nitrogens with zero attached hydrogens (tertiary/aromatic N) is 4. The number of carbonyl (C=O) groups is 1. The molecule has 1 N–H and O–H groups in total. The molecule has 0 unspecified atom stereocenters. The quantitative estimate of drug-likeness (QED) is 0.547. The van der Waals surface area contributed by atoms with Crippen molar-refractivity contribution in [1.29, 1.82) is 0 Å². The van der Waals surface area contributed by atoms with Gasteiger partial charge in [-0.15, -0.1) is 5.10 Å². The third-order valence-corrected chi connectivity index (χ3v) is 6.43. The van der Waals surface area contributed by atoms with E-state index in [0.717, 1.165) is 32.4 Å². The highest BCUT2D eigenvalue weighted by Gasteiger charge is 2.26. The number of carbonyl (C=O) groups excluding carboxylic acids is 1. The maximum atomic E-state index is 12.8. The molecule has 29 heavy (non-hydrogen) atoms. The molecule has 2 heterocycles. The van der Waals surface area contributed by atoms with Crippen molar-refractivity contribution in [2.24, 2.45) is 5.92 Å². The summed E-state index contributed by atoms with van der Waals surface area (Å²) in [6.45, 7) is 1.45. The van der Waals surface area contributed by atoms with Gasteiger partial charge in [0.05, 0.1) is 14.6 Å². The zero-order valence-corrected chi connectivity index (χ0v) is 18.8. The molecular weight excluding hydrogens is 500 g/mol. The molecule has 1 aliphatic heterocycles. The summed E-state index contributed by atoms with van der Waals surface area (Å²) in [5, 5.41) is 14.2. The van der Waals surface area contributed by atoms with Crippen molar-refractivity contribution < 1.29 is 9.90 Å². The van der Waals surface area contributed by atoms with Gasteiger partial charge in [-0.25, -0.2) is 9.67 Å². The standard InChI is InChI=1S/C21H20Br2N4O2/c22-17-11-16(12-18(23)19(17)28)27-13-24-20(25-27)21(29)26-8-6-15(7-9-26)10-14-4-2-1-3-5-14/h1-5,11-13,15,28H,6-10H2. The van der Waals surface area contributed by atoms with Crippen LogP contribution in [0.3, 0.4) is 0 Å². The van der Waals surface area contributed by atoms with Crippen molar-refractivity contribution in [3.05, 3.63) is 69.1 Å². The summed E-state index contributed by atoms with van der Waals surface area (Å²) in [6, 6.07) is 13.9. The number of likely N-dealkylation sites (tertiary alicyclic amines) is 1. The van der Waals surface area contributed by atoms with Crippen LogP contribution in [-0.2, 0) is 6.42 Å². The largest absolute Gasteiger partial charge is 0.506 e. The number of amides is 1. The molecule has 0 atom stereocenters. The highest BCUT2D eigenvalue weighted by Crippen LogP contribution is 2.34. The third-order valence-electron chi connectivity index (χ3n) is 5.22. The first kappa shape index (κ1) is 20.1. The minimum Gasteiger partial charge on any atom is -0.506 e. The zero-order chi connectivity index (χ0) is 20.4. The van der Waals surface area contributed by atoms with Crippen LogP contribution in [0.5, 0.6) is 5.75 Å². The van der Waals surface area contributed by atoms with Crippen molar-refractivity contribution in [3.63, 3.8) is 0 Å². The number of rotatable bonds is 4. The average molecular weight is 520 g/mol. The number of halogens is 2. The summed E-state index contributed by atoms with van der Waals surface area (Å²) in [6.07, 6.45) is 4.54. The number of phenols is 1. The van der Waals surface area contributed by atoms with Gasteiger partial charge in [-0.05, 0) is 74.7 Å². The van der Waals surface area contributed by atoms with Gasteiger partial charge in [0.2, 0.25) is 5.82 Å². The van der Waals surface area contributed by atoms with E-state index in [1.54, 1.807) is 12.1 Å². The van der Waals surface area contributed by atoms with Crippen molar-refractivity contribution in [2.75, 3.05) is 13.1 Å². The predicted molar refractivity (Wildman–Crippen MR) is 117 cm³/mol. The van der Waals surface area contributed by atoms with E-state index in [1.165, 1.54) is 16.6 Å². The molecule has 1 amide bonds. The van der Waals surface area contributed by atoms with Gasteiger partial charge in [0.15, 0.2) is 0 Å². The van der Waals surface area contributed by atoms with Crippen LogP contribution in [0.2, 0.25) is 0 Å². The van der Waals surface area contributed by atoms with Crippen LogP contribution in [-0.4, -0.2) is 43.8 Å². The van der Waals surface area contributed by atoms with Crippen LogP contribution < -0.4 is 0 Å². The summed E-state index contributed by atoms with van der Waals surface area (Å²) in [7, 11) is 0. The average Bonchev–Trinajstić information content (AvgIpc) is 3.23. The van der Waals surface area contributed by atoms with Crippen LogP contribution in [0, 0.1) is 5.92 Å². The van der Waals surface area contributed by atoms with E-state index in [1.807, 2.05) is 11.0 Å². The molecule has 3 aromatic rings. The molecule has 4 rings (SSSR count). The zero-order valence-electron chi connectivity index (χ0n) is 15.6. The van der Waals surface area contributed by atoms with Gasteiger partial charge >= 0.3 is 0 Å². The Balaban J connectivity index is 1.40. The van der Waals surface area contributed by atoms with E-state index in [-0.39, 0.29) is 17.5 Å². The molecule has 150 valence electrons. The number of benzene rings is 2. The van der Waals surface area contributed by atoms with Gasteiger partial charge < -0.3 is 10.0 Å². The lowest BCUT2D eigenvalue weighted by Gasteiger charge is -2.31. The Morgan fingerprint density at radius 2 is 1.76 bits per heavy atom. The van der Waals surface area contributed by atoms with Gasteiger partial charge in [0.25, 0.3) is 5.91 Å². The van der Waals surface area contributed by atoms with E-state index in [0.29, 0.717) is 20.6 Å². The monoisotopic (exact) mass is 518 g/mol. The lowest BCUT2D eigenvalue weighted by molar-refractivity contribution is 0.0678. The van der Waals surface area contributed by atoms with E-state index in [2.05, 4.69) is 66.2 Å². The molecule has 6 nitrogen and oxygen atoms in total. The first-order chi connectivity index (χ1) is 14.0. The van der Waals surface area contributed by atoms with Crippen molar-refractivity contribution in [2.45, 2.75) is 19.3 Å². The first-order valence-corrected chi connectivity index (χ1v) is 11.0. The molecule has 8 heteroatoms. The van der Waals surface area contributed by atoms with Gasteiger partial charge in [-0.3, -0.25) is 4.79 Å². The van der Waals surface area contributed by atoms with Crippen molar-refractivity contribution >= 4 is 37.8 Å². The molecular formula is C21H20Br2N4O2. The summed E-state index contributed by atoms with van der Waals surface area (Å²) >= 11 is 6.61. The van der Waals surface area contributed by atoms with Gasteiger partial charge in [0, 0.05) is 13.1 Å². The predicted octanol–water partition coefficient (Wildman–Crippen LogP) is 4.59. The van der Waals surface area contributed by atoms with E-state index >= 15 is 0 Å². The number of phenolic OH excluding ortho intramolecular Hbond substituents is 1. The molecule has 2 aromatic carbocycles. The molecule has 0 aliphatic carbocycles. The molecule has 0 saturated carbocycles. The second-order valence-corrected chi connectivity index (χ2v) is 8.90. The van der Waals surface area contributed by atoms with E-state index in [9.17, 15) is 9.90 Å². The first-order valence-electron chi connectivity index (χ1n) is 9.44. The van der Waals surface area contributed by atoms with Crippen molar-refractivity contribution in [1.82, 2.24) is 19.7 Å². The highest BCUT2D eigenvalue weighted by atomic mass is 79.9. The Morgan fingerprint density at radius 3 is 2.41 bits per heavy atom. The summed E-state index contributed by atoms with van der Waals surface area (Å²) in [5.41, 5.74) is 2.04. The van der Waals surface area contributed by atoms with Crippen LogP contribution in [0.25, 0.3) is 5.69 Å². The number of aromatic nitrogens is 3. The van der Waals surface area contributed by atoms with Crippen LogP contribution >= 0.6 is 31.9 Å². The molecule has 0 radical (unpaired) electrons. The molecule has 0 bridgehead atoms. The number of hydrogen-bond donors (Lipinski definition) is 1. The Bertz CT molecular complexity index is 992. The van der Waals surface area contributed by atoms with Gasteiger partial charge in [-0.1, -0.05) is 30.3 Å². The third kappa shape index (κ3) is 4.53. The fraction of sp³-hybridized carbons (Fsp3) is 0.286. The van der Waals surface area contributed by atoms with Gasteiger partial charge in [0.1, 0.15) is 12.1 Å². The lowest BCUT2D eigenvalue weighted by atomic mass is 9.90. The second-order valence-electron chi connectivity index (χ2n) is 7.20. The number of hydrogen-bond acceptors (Lipinski definition) is 4. The highest BCUT2D eigenvalue weighted by molar-refractivity contribution is 9.11. The maximum absolute atomic E-state index is 12.8. The Kier molecular flexibility index (Phi) is 6.01. The number of aromatic hydroxyl groups is 1. The maximum Gasteiger partial charge on any atom is 0.293 e. The molecule has 1 aliphatic rings. The fourth-order valence-electron chi connectivity index (χ4n) is 3.60. The Morgan fingerprint density at radius 1 is 1.10 bits per heavy atom. The molecule has 1 aromatic heterocycles. The van der Waals surface area contributed by atoms with Crippen LogP contribution in [0.4, 0.5) is 0 Å². The summed E-state index contributed by atoms with van der Waals surface area (Å²) < 4.78 is 2.60. The van der Waals surface area contributed by atoms with E-state index in [4.69, 9.17) is 0 Å². The molecule has 1 saturated heterocycles. The smallest absolute Gasteiger partial charge is 0.293 e. The summed E-state index contributed by atoms with van der Waals surface area (Å²) in [5.74, 6) is 0.757. The second kappa shape index (κ2) is 8.67. The molecule has 1 fully saturated rings. The van der Waals surface area contributed by atoms with E-state index < -0.39 is 0 Å². The Labute approximate surface area is 185 Å². The molecule has 0 spiro atoms. The Hall–Kier alpha value is -2.19.